The second-order valence-electron chi connectivity index (χ2n) is 5.77. The highest BCUT2D eigenvalue weighted by Gasteiger charge is 2.37. The summed E-state index contributed by atoms with van der Waals surface area (Å²) in [7, 11) is 1.38. The molecule has 2 aromatic carbocycles. The summed E-state index contributed by atoms with van der Waals surface area (Å²) in [6, 6.07) is 8.31. The fraction of sp³-hybridized carbons (Fsp3) is 0.105. The number of imide groups is 2. The molecule has 1 aliphatic rings. The second-order valence-corrected chi connectivity index (χ2v) is 6.18. The third-order valence-corrected chi connectivity index (χ3v) is 4.51. The van der Waals surface area contributed by atoms with E-state index < -0.39 is 17.8 Å². The summed E-state index contributed by atoms with van der Waals surface area (Å²) in [6.07, 6.45) is 1.32. The maximum Gasteiger partial charge on any atom is 0.335 e. The lowest BCUT2D eigenvalue weighted by Crippen LogP contribution is -2.54. The van der Waals surface area contributed by atoms with Crippen LogP contribution < -0.4 is 15.0 Å². The molecule has 0 aliphatic carbocycles. The van der Waals surface area contributed by atoms with Crippen LogP contribution in [0.3, 0.4) is 0 Å². The number of amides is 4. The van der Waals surface area contributed by atoms with Gasteiger partial charge in [0.2, 0.25) is 0 Å². The molecule has 0 radical (unpaired) electrons. The SMILES string of the molecule is COc1cc(/C=C2\C(=O)NC(=O)N(c3cccc(Cl)c3C)C2=O)ccc1O. The van der Waals surface area contributed by atoms with E-state index in [1.807, 2.05) is 0 Å². The number of ether oxygens (including phenoxy) is 1. The molecular formula is C19H15ClN2O5. The summed E-state index contributed by atoms with van der Waals surface area (Å²) >= 11 is 6.08. The van der Waals surface area contributed by atoms with Crippen LogP contribution in [-0.2, 0) is 9.59 Å². The van der Waals surface area contributed by atoms with Crippen molar-refractivity contribution in [2.45, 2.75) is 6.92 Å². The van der Waals surface area contributed by atoms with Crippen LogP contribution in [0.15, 0.2) is 42.0 Å². The van der Waals surface area contributed by atoms with E-state index in [-0.39, 0.29) is 22.8 Å². The number of benzene rings is 2. The van der Waals surface area contributed by atoms with Crippen LogP contribution in [-0.4, -0.2) is 30.1 Å². The van der Waals surface area contributed by atoms with Crippen LogP contribution in [0.5, 0.6) is 11.5 Å². The highest BCUT2D eigenvalue weighted by Crippen LogP contribution is 2.31. The minimum Gasteiger partial charge on any atom is -0.504 e. The zero-order chi connectivity index (χ0) is 19.7. The Morgan fingerprint density at radius 1 is 1.19 bits per heavy atom. The number of halogens is 1. The molecule has 2 N–H and O–H groups in total. The minimum absolute atomic E-state index is 0.0783. The number of nitrogens with one attached hydrogen (secondary N) is 1. The third-order valence-electron chi connectivity index (χ3n) is 4.10. The topological polar surface area (TPSA) is 95.9 Å². The smallest absolute Gasteiger partial charge is 0.335 e. The zero-order valence-corrected chi connectivity index (χ0v) is 15.2. The van der Waals surface area contributed by atoms with Gasteiger partial charge < -0.3 is 9.84 Å². The minimum atomic E-state index is -0.851. The van der Waals surface area contributed by atoms with Crippen LogP contribution >= 0.6 is 11.6 Å². The number of hydrogen-bond acceptors (Lipinski definition) is 5. The van der Waals surface area contributed by atoms with Crippen molar-refractivity contribution < 1.29 is 24.2 Å². The van der Waals surface area contributed by atoms with E-state index in [0.29, 0.717) is 16.1 Å². The Bertz CT molecular complexity index is 1000. The van der Waals surface area contributed by atoms with E-state index in [0.717, 1.165) is 4.90 Å². The summed E-state index contributed by atoms with van der Waals surface area (Å²) < 4.78 is 5.02. The quantitative estimate of drug-likeness (QED) is 0.624. The van der Waals surface area contributed by atoms with Crippen molar-refractivity contribution in [1.82, 2.24) is 5.32 Å². The Morgan fingerprint density at radius 2 is 1.93 bits per heavy atom. The number of methoxy groups -OCH3 is 1. The van der Waals surface area contributed by atoms with Gasteiger partial charge >= 0.3 is 6.03 Å². The molecule has 1 fully saturated rings. The Kier molecular flexibility index (Phi) is 4.87. The average Bonchev–Trinajstić information content (AvgIpc) is 2.63. The van der Waals surface area contributed by atoms with E-state index in [1.54, 1.807) is 25.1 Å². The number of barbiturate groups is 1. The van der Waals surface area contributed by atoms with Gasteiger partial charge in [-0.25, -0.2) is 9.69 Å². The van der Waals surface area contributed by atoms with Gasteiger partial charge in [-0.15, -0.1) is 0 Å². The monoisotopic (exact) mass is 386 g/mol. The number of phenols is 1. The lowest BCUT2D eigenvalue weighted by Gasteiger charge is -2.27. The number of anilines is 1. The Morgan fingerprint density at radius 3 is 2.63 bits per heavy atom. The van der Waals surface area contributed by atoms with Crippen LogP contribution in [0.2, 0.25) is 5.02 Å². The van der Waals surface area contributed by atoms with Gasteiger partial charge in [-0.1, -0.05) is 23.7 Å². The Labute approximate surface area is 159 Å². The molecule has 0 bridgehead atoms. The van der Waals surface area contributed by atoms with Crippen LogP contribution in [0.4, 0.5) is 10.5 Å². The maximum absolute atomic E-state index is 12.9. The highest BCUT2D eigenvalue weighted by molar-refractivity contribution is 6.39. The largest absolute Gasteiger partial charge is 0.504 e. The highest BCUT2D eigenvalue weighted by atomic mass is 35.5. The molecule has 0 aromatic heterocycles. The molecular weight excluding hydrogens is 372 g/mol. The summed E-state index contributed by atoms with van der Waals surface area (Å²) in [5, 5.41) is 12.2. The first-order valence-corrected chi connectivity index (χ1v) is 8.25. The van der Waals surface area contributed by atoms with Crippen LogP contribution in [0.25, 0.3) is 6.08 Å². The summed E-state index contributed by atoms with van der Waals surface area (Å²) in [6.45, 7) is 1.67. The van der Waals surface area contributed by atoms with Gasteiger partial charge in [-0.3, -0.25) is 14.9 Å². The molecule has 7 nitrogen and oxygen atoms in total. The number of hydrogen-bond donors (Lipinski definition) is 2. The van der Waals surface area contributed by atoms with Gasteiger partial charge in [0, 0.05) is 5.02 Å². The van der Waals surface area contributed by atoms with Gasteiger partial charge in [0.05, 0.1) is 12.8 Å². The average molecular weight is 387 g/mol. The Balaban J connectivity index is 2.06. The summed E-state index contributed by atoms with van der Waals surface area (Å²) in [5.74, 6) is -1.48. The standard InChI is InChI=1S/C19H15ClN2O5/c1-10-13(20)4-3-5-14(10)22-18(25)12(17(24)21-19(22)26)8-11-6-7-15(23)16(9-11)27-2/h3-9,23H,1-2H3,(H,21,24,26)/b12-8+. The van der Waals surface area contributed by atoms with E-state index in [9.17, 15) is 19.5 Å². The van der Waals surface area contributed by atoms with E-state index in [4.69, 9.17) is 16.3 Å². The van der Waals surface area contributed by atoms with Gasteiger partial charge in [0.1, 0.15) is 5.57 Å². The van der Waals surface area contributed by atoms with Gasteiger partial charge in [0.15, 0.2) is 11.5 Å². The molecule has 138 valence electrons. The van der Waals surface area contributed by atoms with Crippen molar-refractivity contribution in [2.24, 2.45) is 0 Å². The molecule has 0 atom stereocenters. The summed E-state index contributed by atoms with van der Waals surface area (Å²) in [4.78, 5) is 38.2. The predicted molar refractivity (Wildman–Crippen MR) is 99.8 cm³/mol. The molecule has 3 rings (SSSR count). The number of carbonyl (C=O) groups excluding carboxylic acids is 3. The van der Waals surface area contributed by atoms with Crippen molar-refractivity contribution in [3.05, 3.63) is 58.1 Å². The number of rotatable bonds is 3. The van der Waals surface area contributed by atoms with E-state index in [2.05, 4.69) is 5.32 Å². The number of nitrogens with zero attached hydrogens (tertiary/aromatic N) is 1. The fourth-order valence-corrected chi connectivity index (χ4v) is 2.83. The number of phenolic OH excluding ortho intramolecular Hbond substituents is 1. The molecule has 0 saturated carbocycles. The van der Waals surface area contributed by atoms with Crippen molar-refractivity contribution in [3.8, 4) is 11.5 Å². The first kappa shape index (κ1) is 18.5. The molecule has 1 saturated heterocycles. The van der Waals surface area contributed by atoms with Gasteiger partial charge in [0.25, 0.3) is 11.8 Å². The van der Waals surface area contributed by atoms with Crippen LogP contribution in [0, 0.1) is 6.92 Å². The Hall–Kier alpha value is -3.32. The molecule has 0 unspecified atom stereocenters. The van der Waals surface area contributed by atoms with Crippen LogP contribution in [0.1, 0.15) is 11.1 Å². The van der Waals surface area contributed by atoms with Crippen molar-refractivity contribution in [1.29, 1.82) is 0 Å². The predicted octanol–water partition coefficient (Wildman–Crippen LogP) is 3.03. The molecule has 8 heteroatoms. The van der Waals surface area contributed by atoms with Crippen molar-refractivity contribution in [2.75, 3.05) is 12.0 Å². The van der Waals surface area contributed by atoms with Gasteiger partial charge in [-0.2, -0.15) is 0 Å². The molecule has 0 spiro atoms. The van der Waals surface area contributed by atoms with Crippen molar-refractivity contribution in [3.63, 3.8) is 0 Å². The number of aromatic hydroxyl groups is 1. The fourth-order valence-electron chi connectivity index (χ4n) is 2.67. The second kappa shape index (κ2) is 7.13. The molecule has 4 amide bonds. The number of carbonyl (C=O) groups is 3. The molecule has 1 aliphatic heterocycles. The zero-order valence-electron chi connectivity index (χ0n) is 14.4. The lowest BCUT2D eigenvalue weighted by atomic mass is 10.1. The molecule has 2 aromatic rings. The third kappa shape index (κ3) is 3.37. The first-order chi connectivity index (χ1) is 12.8. The maximum atomic E-state index is 12.9. The van der Waals surface area contributed by atoms with Gasteiger partial charge in [-0.05, 0) is 48.4 Å². The number of urea groups is 1. The van der Waals surface area contributed by atoms with E-state index >= 15 is 0 Å². The first-order valence-electron chi connectivity index (χ1n) is 7.87. The molecule has 1 heterocycles. The lowest BCUT2D eigenvalue weighted by molar-refractivity contribution is -0.122. The van der Waals surface area contributed by atoms with Crippen molar-refractivity contribution >= 4 is 41.2 Å². The normalized spacial score (nSPS) is 15.9. The molecule has 27 heavy (non-hydrogen) atoms. The summed E-state index contributed by atoms with van der Waals surface area (Å²) in [5.41, 5.74) is 1.02. The van der Waals surface area contributed by atoms with E-state index in [1.165, 1.54) is 31.4 Å².